The first-order chi connectivity index (χ1) is 14.8. The lowest BCUT2D eigenvalue weighted by atomic mass is 10.0. The van der Waals surface area contributed by atoms with Crippen molar-refractivity contribution in [3.63, 3.8) is 0 Å². The van der Waals surface area contributed by atoms with Gasteiger partial charge in [0.25, 0.3) is 0 Å². The molecule has 0 saturated carbocycles. The number of rotatable bonds is 5. The van der Waals surface area contributed by atoms with Crippen LogP contribution in [0.25, 0.3) is 16.8 Å². The van der Waals surface area contributed by atoms with Crippen LogP contribution in [0.15, 0.2) is 67.1 Å². The molecular formula is C21H14F4N4O2. The van der Waals surface area contributed by atoms with E-state index < -0.39 is 23.8 Å². The van der Waals surface area contributed by atoms with Gasteiger partial charge in [-0.25, -0.2) is 13.9 Å². The number of fused-ring (bicyclic) bond motifs is 1. The van der Waals surface area contributed by atoms with E-state index in [2.05, 4.69) is 20.1 Å². The van der Waals surface area contributed by atoms with Crippen molar-refractivity contribution in [3.8, 4) is 16.9 Å². The van der Waals surface area contributed by atoms with Gasteiger partial charge in [-0.2, -0.15) is 5.10 Å². The van der Waals surface area contributed by atoms with Crippen LogP contribution < -0.4 is 10.1 Å². The Morgan fingerprint density at radius 2 is 1.81 bits per heavy atom. The second kappa shape index (κ2) is 8.05. The summed E-state index contributed by atoms with van der Waals surface area (Å²) in [4.78, 5) is 16.3. The number of pyridine rings is 1. The van der Waals surface area contributed by atoms with Crippen LogP contribution in [0, 0.1) is 5.82 Å². The molecule has 0 unspecified atom stereocenters. The van der Waals surface area contributed by atoms with E-state index >= 15 is 0 Å². The second-order valence-electron chi connectivity index (χ2n) is 6.59. The maximum absolute atomic E-state index is 14.0. The third kappa shape index (κ3) is 4.97. The van der Waals surface area contributed by atoms with Gasteiger partial charge in [-0.3, -0.25) is 4.79 Å². The van der Waals surface area contributed by atoms with Crippen molar-refractivity contribution in [2.45, 2.75) is 12.8 Å². The minimum Gasteiger partial charge on any atom is -0.406 e. The first kappa shape index (κ1) is 20.3. The van der Waals surface area contributed by atoms with Gasteiger partial charge in [-0.15, -0.1) is 13.2 Å². The average molecular weight is 430 g/mol. The highest BCUT2D eigenvalue weighted by molar-refractivity contribution is 5.92. The predicted octanol–water partition coefficient (Wildman–Crippen LogP) is 4.62. The molecule has 4 rings (SSSR count). The fraction of sp³-hybridized carbons (Fsp3) is 0.0952. The summed E-state index contributed by atoms with van der Waals surface area (Å²) in [5.41, 5.74) is 3.00. The maximum atomic E-state index is 14.0. The number of carbonyl (C=O) groups excluding carboxylic acids is 1. The molecule has 2 aromatic carbocycles. The number of carbonyl (C=O) groups is 1. The SMILES string of the molecule is O=C(Cc1ccc(-c2ccn3ncnc3c2)cc1)Nc1ccc(OC(F)(F)F)cc1F. The first-order valence-electron chi connectivity index (χ1n) is 9.01. The fourth-order valence-corrected chi connectivity index (χ4v) is 2.98. The molecule has 0 bridgehead atoms. The topological polar surface area (TPSA) is 68.5 Å². The Morgan fingerprint density at radius 1 is 1.03 bits per heavy atom. The highest BCUT2D eigenvalue weighted by Crippen LogP contribution is 2.26. The van der Waals surface area contributed by atoms with Crippen LogP contribution in [0.5, 0.6) is 5.75 Å². The predicted molar refractivity (Wildman–Crippen MR) is 104 cm³/mol. The van der Waals surface area contributed by atoms with Crippen molar-refractivity contribution in [1.82, 2.24) is 14.6 Å². The molecule has 0 aliphatic rings. The van der Waals surface area contributed by atoms with Crippen LogP contribution in [-0.2, 0) is 11.2 Å². The second-order valence-corrected chi connectivity index (χ2v) is 6.59. The molecule has 2 aromatic heterocycles. The number of hydrogen-bond acceptors (Lipinski definition) is 4. The number of nitrogens with one attached hydrogen (secondary N) is 1. The van der Waals surface area contributed by atoms with Crippen molar-refractivity contribution in [3.05, 3.63) is 78.5 Å². The molecule has 158 valence electrons. The van der Waals surface area contributed by atoms with Crippen LogP contribution in [0.4, 0.5) is 23.2 Å². The molecule has 1 N–H and O–H groups in total. The Kier molecular flexibility index (Phi) is 5.28. The zero-order valence-electron chi connectivity index (χ0n) is 15.7. The van der Waals surface area contributed by atoms with Crippen LogP contribution in [0.2, 0.25) is 0 Å². The zero-order chi connectivity index (χ0) is 22.0. The third-order valence-electron chi connectivity index (χ3n) is 4.38. The normalized spacial score (nSPS) is 11.5. The van der Waals surface area contributed by atoms with Gasteiger partial charge < -0.3 is 10.1 Å². The van der Waals surface area contributed by atoms with Gasteiger partial charge in [0.2, 0.25) is 5.91 Å². The summed E-state index contributed by atoms with van der Waals surface area (Å²) >= 11 is 0. The van der Waals surface area contributed by atoms with E-state index in [1.807, 2.05) is 24.3 Å². The number of anilines is 1. The molecule has 0 spiro atoms. The molecule has 6 nitrogen and oxygen atoms in total. The Hall–Kier alpha value is -3.95. The van der Waals surface area contributed by atoms with Gasteiger partial charge in [0.1, 0.15) is 17.9 Å². The van der Waals surface area contributed by atoms with E-state index in [1.165, 1.54) is 6.33 Å². The standard InChI is InChI=1S/C21H14F4N4O2/c22-17-11-16(31-21(23,24)25)5-6-18(17)28-20(30)9-13-1-3-14(4-2-13)15-7-8-29-19(10-15)26-12-27-29/h1-8,10-12H,9H2,(H,28,30). The van der Waals surface area contributed by atoms with Crippen molar-refractivity contribution < 1.29 is 27.1 Å². The summed E-state index contributed by atoms with van der Waals surface area (Å²) in [5, 5.41) is 6.38. The summed E-state index contributed by atoms with van der Waals surface area (Å²) in [7, 11) is 0. The number of hydrogen-bond donors (Lipinski definition) is 1. The number of halogens is 4. The number of ether oxygens (including phenoxy) is 1. The molecule has 4 aromatic rings. The van der Waals surface area contributed by atoms with Crippen LogP contribution in [-0.4, -0.2) is 26.9 Å². The molecule has 0 aliphatic heterocycles. The van der Waals surface area contributed by atoms with E-state index in [9.17, 15) is 22.4 Å². The third-order valence-corrected chi connectivity index (χ3v) is 4.38. The molecular weight excluding hydrogens is 416 g/mol. The number of benzene rings is 2. The zero-order valence-corrected chi connectivity index (χ0v) is 15.7. The van der Waals surface area contributed by atoms with Gasteiger partial charge in [-0.1, -0.05) is 24.3 Å². The van der Waals surface area contributed by atoms with Crippen molar-refractivity contribution in [2.75, 3.05) is 5.32 Å². The van der Waals surface area contributed by atoms with Gasteiger partial charge in [0.15, 0.2) is 5.65 Å². The highest BCUT2D eigenvalue weighted by Gasteiger charge is 2.31. The van der Waals surface area contributed by atoms with Crippen molar-refractivity contribution in [2.24, 2.45) is 0 Å². The molecule has 31 heavy (non-hydrogen) atoms. The Bertz CT molecular complexity index is 1240. The lowest BCUT2D eigenvalue weighted by molar-refractivity contribution is -0.274. The smallest absolute Gasteiger partial charge is 0.406 e. The molecule has 2 heterocycles. The molecule has 0 atom stereocenters. The Morgan fingerprint density at radius 3 is 2.52 bits per heavy atom. The largest absolute Gasteiger partial charge is 0.573 e. The lowest BCUT2D eigenvalue weighted by Crippen LogP contribution is -2.18. The Balaban J connectivity index is 1.40. The van der Waals surface area contributed by atoms with Crippen molar-refractivity contribution in [1.29, 1.82) is 0 Å². The highest BCUT2D eigenvalue weighted by atomic mass is 19.4. The van der Waals surface area contributed by atoms with Gasteiger partial charge >= 0.3 is 6.36 Å². The van der Waals surface area contributed by atoms with E-state index in [1.54, 1.807) is 22.8 Å². The summed E-state index contributed by atoms with van der Waals surface area (Å²) in [6.45, 7) is 0. The molecule has 0 saturated heterocycles. The molecule has 0 aliphatic carbocycles. The summed E-state index contributed by atoms with van der Waals surface area (Å²) in [6.07, 6.45) is -1.71. The van der Waals surface area contributed by atoms with Gasteiger partial charge in [0.05, 0.1) is 12.1 Å². The van der Waals surface area contributed by atoms with Crippen LogP contribution in [0.1, 0.15) is 5.56 Å². The molecule has 10 heteroatoms. The molecule has 0 radical (unpaired) electrons. The average Bonchev–Trinajstić information content (AvgIpc) is 3.17. The van der Waals surface area contributed by atoms with Crippen LogP contribution >= 0.6 is 0 Å². The number of amides is 1. The Labute approximate surface area is 173 Å². The summed E-state index contributed by atoms with van der Waals surface area (Å²) in [5.74, 6) is -2.25. The number of nitrogens with zero attached hydrogens (tertiary/aromatic N) is 3. The quantitative estimate of drug-likeness (QED) is 0.470. The van der Waals surface area contributed by atoms with E-state index in [4.69, 9.17) is 0 Å². The van der Waals surface area contributed by atoms with Gasteiger partial charge in [0, 0.05) is 12.3 Å². The number of alkyl halides is 3. The van der Waals surface area contributed by atoms with Crippen molar-refractivity contribution >= 4 is 17.2 Å². The number of aromatic nitrogens is 3. The van der Waals surface area contributed by atoms with E-state index in [-0.39, 0.29) is 12.1 Å². The van der Waals surface area contributed by atoms with E-state index in [0.717, 1.165) is 23.3 Å². The molecule has 1 amide bonds. The monoisotopic (exact) mass is 430 g/mol. The molecule has 0 fully saturated rings. The van der Waals surface area contributed by atoms with Crippen LogP contribution in [0.3, 0.4) is 0 Å². The maximum Gasteiger partial charge on any atom is 0.573 e. The minimum absolute atomic E-state index is 0.0380. The minimum atomic E-state index is -4.93. The van der Waals surface area contributed by atoms with Gasteiger partial charge in [-0.05, 0) is 41.0 Å². The fourth-order valence-electron chi connectivity index (χ4n) is 2.98. The first-order valence-corrected chi connectivity index (χ1v) is 9.01. The van der Waals surface area contributed by atoms with E-state index in [0.29, 0.717) is 17.3 Å². The summed E-state index contributed by atoms with van der Waals surface area (Å²) in [6, 6.07) is 13.5. The lowest BCUT2D eigenvalue weighted by Gasteiger charge is -2.11. The summed E-state index contributed by atoms with van der Waals surface area (Å²) < 4.78 is 55.9.